The molecule has 1 aliphatic heterocycles. The molecule has 66 heavy (non-hydrogen) atoms. The molecule has 0 aromatic rings. The molecule has 6 atom stereocenters. The Labute approximate surface area is 394 Å². The number of nitrogens with one attached hydrogen (secondary N) is 6. The second-order valence-corrected chi connectivity index (χ2v) is 26.4. The van der Waals surface area contributed by atoms with Gasteiger partial charge in [0.25, 0.3) is 0 Å². The zero-order valence-electron chi connectivity index (χ0n) is 42.8. The van der Waals surface area contributed by atoms with Crippen molar-refractivity contribution in [2.24, 2.45) is 49.1 Å². The van der Waals surface area contributed by atoms with Crippen molar-refractivity contribution in [1.29, 1.82) is 0 Å². The molecule has 0 aromatic heterocycles. The minimum absolute atomic E-state index is 0.108. The molecule has 0 aliphatic carbocycles. The van der Waals surface area contributed by atoms with Crippen LogP contribution in [-0.2, 0) is 57.2 Å². The van der Waals surface area contributed by atoms with E-state index >= 15 is 0 Å². The van der Waals surface area contributed by atoms with Gasteiger partial charge in [0.1, 0.15) is 36.3 Å². The van der Waals surface area contributed by atoms with Crippen LogP contribution in [0.15, 0.2) is 13.5 Å². The standard InChI is InChI=1S/C42H84N9O12P3/c1-25(2)19-31(37(52)58-13)43-64(44-32(20-26(3)4)38(53)59-14)49-65(45-33(21-27(5)6)39(54)60-15,46-34(22-28(7)8)40(55)61-16)51-66(50-64,47-35(23-29(9)10)41(56)62-17)48-36(24-30(11)12)42(57)63-18/h25-36,43-48H,19-24H2,1-18H3. The fraction of sp³-hybridized carbons (Fsp3) is 0.857. The average molecular weight is 1000 g/mol. The number of hydrogen-bond acceptors (Lipinski definition) is 21. The Morgan fingerprint density at radius 2 is 0.424 bits per heavy atom. The highest BCUT2D eigenvalue weighted by Crippen LogP contribution is 2.72. The van der Waals surface area contributed by atoms with Gasteiger partial charge in [0.15, 0.2) is 0 Å². The summed E-state index contributed by atoms with van der Waals surface area (Å²) in [4.78, 5) is 83.8. The molecule has 1 rings (SSSR count). The molecule has 0 saturated carbocycles. The normalized spacial score (nSPS) is 22.4. The van der Waals surface area contributed by atoms with Gasteiger partial charge in [-0.1, -0.05) is 83.1 Å². The molecule has 0 amide bonds. The van der Waals surface area contributed by atoms with Gasteiger partial charge in [0.2, 0.25) is 22.5 Å². The molecule has 6 unspecified atom stereocenters. The number of rotatable bonds is 30. The fourth-order valence-corrected chi connectivity index (χ4v) is 19.7. The number of carbonyl (C=O) groups excluding carboxylic acids is 6. The van der Waals surface area contributed by atoms with Crippen molar-refractivity contribution in [1.82, 2.24) is 30.5 Å². The summed E-state index contributed by atoms with van der Waals surface area (Å²) in [5.74, 6) is -4.70. The van der Waals surface area contributed by atoms with Gasteiger partial charge in [-0.05, 0) is 74.0 Å². The van der Waals surface area contributed by atoms with E-state index in [0.29, 0.717) is 0 Å². The molecule has 1 aliphatic rings. The third-order valence-electron chi connectivity index (χ3n) is 9.95. The summed E-state index contributed by atoms with van der Waals surface area (Å²) < 4.78 is 48.6. The molecule has 0 saturated heterocycles. The molecule has 0 spiro atoms. The smallest absolute Gasteiger partial charge is 0.323 e. The van der Waals surface area contributed by atoms with Crippen molar-refractivity contribution in [2.75, 3.05) is 42.7 Å². The number of ether oxygens (including phenoxy) is 6. The molecule has 0 fully saturated rings. The van der Waals surface area contributed by atoms with Gasteiger partial charge in [-0.3, -0.25) is 28.8 Å². The maximum atomic E-state index is 14.0. The lowest BCUT2D eigenvalue weighted by Gasteiger charge is -2.42. The van der Waals surface area contributed by atoms with Crippen LogP contribution in [0, 0.1) is 35.5 Å². The van der Waals surface area contributed by atoms with Crippen LogP contribution in [-0.4, -0.2) is 115 Å². The van der Waals surface area contributed by atoms with Crippen LogP contribution >= 0.6 is 22.5 Å². The molecule has 21 nitrogen and oxygen atoms in total. The van der Waals surface area contributed by atoms with E-state index in [-0.39, 0.29) is 74.0 Å². The molecule has 0 radical (unpaired) electrons. The fourth-order valence-electron chi connectivity index (χ4n) is 7.23. The number of nitrogens with zero attached hydrogens (tertiary/aromatic N) is 3. The van der Waals surface area contributed by atoms with E-state index < -0.39 is 94.6 Å². The first-order valence-electron chi connectivity index (χ1n) is 22.7. The lowest BCUT2D eigenvalue weighted by atomic mass is 10.1. The Bertz CT molecular complexity index is 1470. The molecular formula is C42H84N9O12P3. The SMILES string of the molecule is COC(=O)C(CC(C)C)NP1(NC(CC(C)C)C(=O)OC)=NP(NC(CC(C)C)C(=O)OC)(NC(CC(C)C)C(=O)OC)=NP(NC(CC(C)C)C(=O)OC)(NC(CC(C)C)C(=O)OC)=N1. The summed E-state index contributed by atoms with van der Waals surface area (Å²) in [6, 6.07) is -6.83. The van der Waals surface area contributed by atoms with E-state index in [9.17, 15) is 28.8 Å². The first-order chi connectivity index (χ1) is 30.7. The maximum Gasteiger partial charge on any atom is 0.323 e. The summed E-state index contributed by atoms with van der Waals surface area (Å²) in [5.41, 5.74) is 0. The number of carbonyl (C=O) groups is 6. The van der Waals surface area contributed by atoms with Crippen LogP contribution in [0.1, 0.15) is 122 Å². The Morgan fingerprint density at radius 1 is 0.303 bits per heavy atom. The number of hydrogen-bond donors (Lipinski definition) is 6. The third kappa shape index (κ3) is 20.1. The average Bonchev–Trinajstić information content (AvgIpc) is 3.21. The lowest BCUT2D eigenvalue weighted by Crippen LogP contribution is -2.48. The minimum Gasteiger partial charge on any atom is -0.468 e. The summed E-state index contributed by atoms with van der Waals surface area (Å²) in [7, 11) is -5.16. The number of methoxy groups -OCH3 is 6. The highest BCUT2D eigenvalue weighted by molar-refractivity contribution is 7.83. The van der Waals surface area contributed by atoms with Crippen molar-refractivity contribution in [3.63, 3.8) is 0 Å². The van der Waals surface area contributed by atoms with Gasteiger partial charge < -0.3 is 28.4 Å². The van der Waals surface area contributed by atoms with E-state index in [4.69, 9.17) is 42.0 Å². The van der Waals surface area contributed by atoms with Gasteiger partial charge in [-0.25, -0.2) is 30.5 Å². The Morgan fingerprint density at radius 3 is 0.515 bits per heavy atom. The first-order valence-corrected chi connectivity index (χ1v) is 27.8. The lowest BCUT2D eigenvalue weighted by molar-refractivity contribution is -0.144. The second-order valence-electron chi connectivity index (χ2n) is 19.1. The van der Waals surface area contributed by atoms with Crippen LogP contribution in [0.3, 0.4) is 0 Å². The van der Waals surface area contributed by atoms with Gasteiger partial charge in [0.05, 0.1) is 42.7 Å². The largest absolute Gasteiger partial charge is 0.468 e. The van der Waals surface area contributed by atoms with Crippen molar-refractivity contribution in [3.8, 4) is 0 Å². The minimum atomic E-state index is -4.21. The first kappa shape index (κ1) is 61.3. The quantitative estimate of drug-likeness (QED) is 0.0243. The molecule has 0 aromatic carbocycles. The highest BCUT2D eigenvalue weighted by Gasteiger charge is 2.47. The van der Waals surface area contributed by atoms with Crippen LogP contribution in [0.2, 0.25) is 0 Å². The van der Waals surface area contributed by atoms with Crippen molar-refractivity contribution >= 4 is 58.3 Å². The Kier molecular flexibility index (Phi) is 26.6. The van der Waals surface area contributed by atoms with Gasteiger partial charge >= 0.3 is 35.8 Å². The van der Waals surface area contributed by atoms with E-state index in [1.807, 2.05) is 83.1 Å². The predicted octanol–water partition coefficient (Wildman–Crippen LogP) is 6.90. The van der Waals surface area contributed by atoms with Crippen molar-refractivity contribution in [2.45, 2.75) is 158 Å². The molecule has 24 heteroatoms. The zero-order chi connectivity index (χ0) is 50.7. The predicted molar refractivity (Wildman–Crippen MR) is 258 cm³/mol. The second kappa shape index (κ2) is 28.7. The zero-order valence-corrected chi connectivity index (χ0v) is 45.4. The van der Waals surface area contributed by atoms with Crippen LogP contribution in [0.25, 0.3) is 0 Å². The van der Waals surface area contributed by atoms with Crippen molar-refractivity contribution < 1.29 is 57.2 Å². The molecular weight excluding hydrogens is 915 g/mol. The molecule has 1 heterocycles. The van der Waals surface area contributed by atoms with E-state index in [1.165, 1.54) is 42.7 Å². The van der Waals surface area contributed by atoms with E-state index in [1.54, 1.807) is 0 Å². The Hall–Kier alpha value is -2.73. The van der Waals surface area contributed by atoms with E-state index in [2.05, 4.69) is 30.5 Å². The Balaban J connectivity index is 5.34. The van der Waals surface area contributed by atoms with Gasteiger partial charge in [-0.15, -0.1) is 0 Å². The molecule has 0 bridgehead atoms. The summed E-state index contributed by atoms with van der Waals surface area (Å²) in [6.07, 6.45) is 1.15. The molecule has 384 valence electrons. The van der Waals surface area contributed by atoms with Crippen molar-refractivity contribution in [3.05, 3.63) is 0 Å². The van der Waals surface area contributed by atoms with Crippen LogP contribution in [0.4, 0.5) is 0 Å². The number of esters is 6. The third-order valence-corrected chi connectivity index (χ3v) is 20.2. The monoisotopic (exact) mass is 1000 g/mol. The van der Waals surface area contributed by atoms with E-state index in [0.717, 1.165) is 0 Å². The topological polar surface area (TPSA) is 267 Å². The highest BCUT2D eigenvalue weighted by atomic mass is 31.3. The summed E-state index contributed by atoms with van der Waals surface area (Å²) in [5, 5.41) is 20.6. The van der Waals surface area contributed by atoms with Gasteiger partial charge in [-0.2, -0.15) is 13.5 Å². The maximum absolute atomic E-state index is 14.0. The van der Waals surface area contributed by atoms with Crippen LogP contribution in [0.5, 0.6) is 0 Å². The summed E-state index contributed by atoms with van der Waals surface area (Å²) in [6.45, 7) is 23.0. The van der Waals surface area contributed by atoms with Crippen LogP contribution < -0.4 is 30.5 Å². The summed E-state index contributed by atoms with van der Waals surface area (Å²) >= 11 is 0. The molecule has 6 N–H and O–H groups in total. The van der Waals surface area contributed by atoms with Gasteiger partial charge in [0, 0.05) is 0 Å².